The maximum atomic E-state index is 11.9. The lowest BCUT2D eigenvalue weighted by molar-refractivity contribution is -0.870. The fourth-order valence-corrected chi connectivity index (χ4v) is 4.26. The number of aliphatic hydroxyl groups is 1. The van der Waals surface area contributed by atoms with E-state index < -0.39 is 13.9 Å². The molecule has 0 aromatic carbocycles. The first-order chi connectivity index (χ1) is 16.1. The van der Waals surface area contributed by atoms with E-state index in [0.29, 0.717) is 17.6 Å². The van der Waals surface area contributed by atoms with Crippen molar-refractivity contribution < 1.29 is 37.6 Å². The van der Waals surface area contributed by atoms with E-state index in [9.17, 15) is 14.6 Å². The van der Waals surface area contributed by atoms with Gasteiger partial charge in [0.2, 0.25) is 0 Å². The van der Waals surface area contributed by atoms with Crippen LogP contribution in [-0.2, 0) is 23.1 Å². The van der Waals surface area contributed by atoms with Gasteiger partial charge in [-0.25, -0.2) is 4.57 Å². The Kier molecular flexibility index (Phi) is 21.0. The van der Waals surface area contributed by atoms with Crippen molar-refractivity contribution in [2.75, 3.05) is 61.2 Å². The van der Waals surface area contributed by atoms with E-state index in [-0.39, 0.29) is 25.9 Å². The molecule has 2 unspecified atom stereocenters. The minimum atomic E-state index is -4.18. The number of rotatable bonds is 25. The van der Waals surface area contributed by atoms with Crippen molar-refractivity contribution in [1.29, 1.82) is 0 Å². The first kappa shape index (κ1) is 34.0. The second kappa shape index (κ2) is 21.1. The van der Waals surface area contributed by atoms with Crippen molar-refractivity contribution in [3.05, 3.63) is 0 Å². The second-order valence-electron chi connectivity index (χ2n) is 10.3. The SMILES string of the molecule is CCCCCCCCCCCCCCC(COC[C@H](O)COP(=O)(O)OCC[N+](C)(C)C)OC. The monoisotopic (exact) mass is 512 g/mol. The van der Waals surface area contributed by atoms with Crippen LogP contribution in [0.4, 0.5) is 0 Å². The molecule has 2 N–H and O–H groups in total. The quantitative estimate of drug-likeness (QED) is 0.0972. The maximum Gasteiger partial charge on any atom is 0.472 e. The third-order valence-electron chi connectivity index (χ3n) is 5.77. The average molecular weight is 513 g/mol. The zero-order valence-corrected chi connectivity index (χ0v) is 23.6. The highest BCUT2D eigenvalue weighted by atomic mass is 31.2. The zero-order chi connectivity index (χ0) is 25.7. The Morgan fingerprint density at radius 2 is 1.32 bits per heavy atom. The number of quaternary nitrogens is 1. The van der Waals surface area contributed by atoms with Crippen molar-refractivity contribution in [2.24, 2.45) is 0 Å². The standard InChI is InChI=1S/C25H54NO7P/c1-6-7-8-9-10-11-12-13-14-15-16-17-18-25(30-5)23-31-21-24(27)22-33-34(28,29)32-20-19-26(2,3)4/h24-25,27H,6-23H2,1-5H3/p+1/t24-,25?/m0/s1. The Morgan fingerprint density at radius 3 is 1.82 bits per heavy atom. The van der Waals surface area contributed by atoms with Gasteiger partial charge in [-0.05, 0) is 6.42 Å². The first-order valence-corrected chi connectivity index (χ1v) is 14.8. The van der Waals surface area contributed by atoms with Gasteiger partial charge in [0, 0.05) is 7.11 Å². The molecule has 0 aliphatic rings. The first-order valence-electron chi connectivity index (χ1n) is 13.3. The molecule has 0 rings (SSSR count). The third kappa shape index (κ3) is 23.7. The van der Waals surface area contributed by atoms with Gasteiger partial charge in [0.15, 0.2) is 0 Å². The number of nitrogens with zero attached hydrogens (tertiary/aromatic N) is 1. The molecule has 9 heteroatoms. The highest BCUT2D eigenvalue weighted by Gasteiger charge is 2.24. The van der Waals surface area contributed by atoms with Crippen LogP contribution < -0.4 is 0 Å². The molecule has 0 aliphatic heterocycles. The average Bonchev–Trinajstić information content (AvgIpc) is 2.76. The predicted octanol–water partition coefficient (Wildman–Crippen LogP) is 5.31. The van der Waals surface area contributed by atoms with Gasteiger partial charge in [-0.15, -0.1) is 0 Å². The molecule has 0 aromatic heterocycles. The zero-order valence-electron chi connectivity index (χ0n) is 22.7. The van der Waals surface area contributed by atoms with E-state index in [0.717, 1.165) is 12.8 Å². The van der Waals surface area contributed by atoms with E-state index >= 15 is 0 Å². The smallest absolute Gasteiger partial charge is 0.388 e. The van der Waals surface area contributed by atoms with Gasteiger partial charge in [0.1, 0.15) is 19.3 Å². The molecule has 34 heavy (non-hydrogen) atoms. The Balaban J connectivity index is 3.70. The minimum Gasteiger partial charge on any atom is -0.388 e. The lowest BCUT2D eigenvalue weighted by atomic mass is 10.0. The predicted molar refractivity (Wildman–Crippen MR) is 138 cm³/mol. The molecule has 0 fully saturated rings. The molecule has 8 nitrogen and oxygen atoms in total. The highest BCUT2D eigenvalue weighted by molar-refractivity contribution is 7.47. The van der Waals surface area contributed by atoms with Crippen molar-refractivity contribution in [2.45, 2.75) is 103 Å². The summed E-state index contributed by atoms with van der Waals surface area (Å²) in [5.74, 6) is 0. The van der Waals surface area contributed by atoms with E-state index in [1.165, 1.54) is 70.6 Å². The summed E-state index contributed by atoms with van der Waals surface area (Å²) in [6, 6.07) is 0. The van der Waals surface area contributed by atoms with Gasteiger partial charge in [0.25, 0.3) is 0 Å². The molecule has 3 atom stereocenters. The van der Waals surface area contributed by atoms with Crippen LogP contribution in [0.2, 0.25) is 0 Å². The molecule has 0 spiro atoms. The van der Waals surface area contributed by atoms with Crippen LogP contribution in [-0.4, -0.2) is 87.9 Å². The Hall–Kier alpha value is -0.0500. The maximum absolute atomic E-state index is 11.9. The third-order valence-corrected chi connectivity index (χ3v) is 6.76. The van der Waals surface area contributed by atoms with E-state index in [4.69, 9.17) is 18.5 Å². The van der Waals surface area contributed by atoms with Crippen LogP contribution >= 0.6 is 7.82 Å². The molecule has 0 saturated heterocycles. The van der Waals surface area contributed by atoms with Gasteiger partial charge in [-0.2, -0.15) is 0 Å². The summed E-state index contributed by atoms with van der Waals surface area (Å²) < 4.78 is 33.3. The molecule has 0 radical (unpaired) electrons. The normalized spacial score (nSPS) is 15.9. The van der Waals surface area contributed by atoms with Crippen LogP contribution in [0.3, 0.4) is 0 Å². The Labute approximate surface area is 209 Å². The van der Waals surface area contributed by atoms with Gasteiger partial charge in [-0.1, -0.05) is 84.0 Å². The van der Waals surface area contributed by atoms with E-state index in [1.807, 2.05) is 21.1 Å². The number of phosphoric ester groups is 1. The summed E-state index contributed by atoms with van der Waals surface area (Å²) in [4.78, 5) is 9.68. The van der Waals surface area contributed by atoms with Crippen molar-refractivity contribution in [1.82, 2.24) is 0 Å². The summed E-state index contributed by atoms with van der Waals surface area (Å²) in [6.07, 6.45) is 15.7. The summed E-state index contributed by atoms with van der Waals surface area (Å²) in [6.45, 7) is 2.98. The van der Waals surface area contributed by atoms with Gasteiger partial charge < -0.3 is 24.0 Å². The number of aliphatic hydroxyl groups excluding tert-OH is 1. The van der Waals surface area contributed by atoms with Gasteiger partial charge >= 0.3 is 7.82 Å². The lowest BCUT2D eigenvalue weighted by Crippen LogP contribution is -2.37. The molecular formula is C25H55NO7P+. The van der Waals surface area contributed by atoms with Crippen LogP contribution in [0.25, 0.3) is 0 Å². The van der Waals surface area contributed by atoms with E-state index in [2.05, 4.69) is 6.92 Å². The summed E-state index contributed by atoms with van der Waals surface area (Å²) in [7, 11) is 3.37. The lowest BCUT2D eigenvalue weighted by Gasteiger charge is -2.24. The molecule has 0 bridgehead atoms. The molecular weight excluding hydrogens is 457 g/mol. The van der Waals surface area contributed by atoms with Crippen LogP contribution in [0, 0.1) is 0 Å². The van der Waals surface area contributed by atoms with Crippen LogP contribution in [0.15, 0.2) is 0 Å². The second-order valence-corrected chi connectivity index (χ2v) is 11.8. The highest BCUT2D eigenvalue weighted by Crippen LogP contribution is 2.43. The number of hydrogen-bond donors (Lipinski definition) is 2. The molecule has 0 aliphatic carbocycles. The number of phosphoric acid groups is 1. The van der Waals surface area contributed by atoms with Crippen LogP contribution in [0.1, 0.15) is 90.4 Å². The molecule has 0 saturated carbocycles. The molecule has 0 heterocycles. The van der Waals surface area contributed by atoms with Crippen molar-refractivity contribution >= 4 is 7.82 Å². The number of hydrogen-bond acceptors (Lipinski definition) is 6. The molecule has 0 aromatic rings. The summed E-state index contributed by atoms with van der Waals surface area (Å²) in [5.41, 5.74) is 0. The van der Waals surface area contributed by atoms with Crippen molar-refractivity contribution in [3.8, 4) is 0 Å². The number of ether oxygens (including phenoxy) is 2. The van der Waals surface area contributed by atoms with Gasteiger partial charge in [0.05, 0.1) is 47.1 Å². The largest absolute Gasteiger partial charge is 0.472 e. The number of unbranched alkanes of at least 4 members (excludes halogenated alkanes) is 11. The van der Waals surface area contributed by atoms with E-state index in [1.54, 1.807) is 7.11 Å². The Bertz CT molecular complexity index is 502. The Morgan fingerprint density at radius 1 is 0.794 bits per heavy atom. The van der Waals surface area contributed by atoms with Gasteiger partial charge in [-0.3, -0.25) is 9.05 Å². The van der Waals surface area contributed by atoms with Crippen molar-refractivity contribution in [3.63, 3.8) is 0 Å². The molecule has 0 amide bonds. The number of likely N-dealkylation sites (N-methyl/N-ethyl adjacent to an activating group) is 1. The number of methoxy groups -OCH3 is 1. The molecule has 206 valence electrons. The fourth-order valence-electron chi connectivity index (χ4n) is 3.51. The topological polar surface area (TPSA) is 94.5 Å². The van der Waals surface area contributed by atoms with Crippen LogP contribution in [0.5, 0.6) is 0 Å². The summed E-state index contributed by atoms with van der Waals surface area (Å²) >= 11 is 0. The summed E-state index contributed by atoms with van der Waals surface area (Å²) in [5, 5.41) is 9.96. The fraction of sp³-hybridized carbons (Fsp3) is 1.00. The minimum absolute atomic E-state index is 0.0111.